The number of halogens is 1. The molecule has 2 aromatic rings. The van der Waals surface area contributed by atoms with E-state index in [9.17, 15) is 14.9 Å². The zero-order valence-electron chi connectivity index (χ0n) is 11.2. The van der Waals surface area contributed by atoms with Crippen LogP contribution in [0.4, 0.5) is 5.69 Å². The quantitative estimate of drug-likeness (QED) is 0.480. The minimum absolute atomic E-state index is 0.0282. The number of hydrogen-bond acceptors (Lipinski definition) is 4. The Morgan fingerprint density at radius 2 is 1.95 bits per heavy atom. The third kappa shape index (κ3) is 3.20. The Balaban J connectivity index is 2.38. The molecule has 21 heavy (non-hydrogen) atoms. The molecule has 0 radical (unpaired) electrons. The first kappa shape index (κ1) is 15.0. The summed E-state index contributed by atoms with van der Waals surface area (Å²) < 4.78 is 5.03. The number of benzene rings is 2. The van der Waals surface area contributed by atoms with Crippen LogP contribution in [0.3, 0.4) is 0 Å². The molecule has 0 aromatic heterocycles. The smallest absolute Gasteiger partial charge is 0.311 e. The summed E-state index contributed by atoms with van der Waals surface area (Å²) in [5, 5.41) is 11.4. The van der Waals surface area contributed by atoms with Crippen molar-refractivity contribution in [1.29, 1.82) is 0 Å². The van der Waals surface area contributed by atoms with Gasteiger partial charge in [0, 0.05) is 17.5 Å². The van der Waals surface area contributed by atoms with Gasteiger partial charge in [0.05, 0.1) is 17.6 Å². The predicted molar refractivity (Wildman–Crippen MR) is 79.1 cm³/mol. The van der Waals surface area contributed by atoms with Crippen molar-refractivity contribution in [3.63, 3.8) is 0 Å². The Hall–Kier alpha value is -2.40. The zero-order valence-corrected chi connectivity index (χ0v) is 12.0. The van der Waals surface area contributed by atoms with E-state index in [-0.39, 0.29) is 29.2 Å². The summed E-state index contributed by atoms with van der Waals surface area (Å²) in [6.45, 7) is 0. The SMILES string of the molecule is COc1c(C(=O)Cc2ccccc2Cl)cccc1[N+](=O)[O-]. The lowest BCUT2D eigenvalue weighted by Gasteiger charge is -2.08. The Morgan fingerprint density at radius 1 is 1.24 bits per heavy atom. The topological polar surface area (TPSA) is 69.4 Å². The Kier molecular flexibility index (Phi) is 4.55. The summed E-state index contributed by atoms with van der Waals surface area (Å²) in [6.07, 6.45) is 0.0528. The van der Waals surface area contributed by atoms with Gasteiger partial charge in [-0.05, 0) is 17.7 Å². The van der Waals surface area contributed by atoms with Gasteiger partial charge in [-0.25, -0.2) is 0 Å². The van der Waals surface area contributed by atoms with E-state index in [1.54, 1.807) is 24.3 Å². The lowest BCUT2D eigenvalue weighted by molar-refractivity contribution is -0.385. The maximum atomic E-state index is 12.4. The number of Topliss-reactive ketones (excluding diaryl/α,β-unsaturated/α-hetero) is 1. The van der Waals surface area contributed by atoms with E-state index in [2.05, 4.69) is 0 Å². The number of para-hydroxylation sites is 1. The van der Waals surface area contributed by atoms with Gasteiger partial charge in [-0.15, -0.1) is 0 Å². The molecule has 5 nitrogen and oxygen atoms in total. The van der Waals surface area contributed by atoms with Gasteiger partial charge in [-0.3, -0.25) is 14.9 Å². The molecular formula is C15H12ClNO4. The summed E-state index contributed by atoms with van der Waals surface area (Å²) in [5.41, 5.74) is 0.604. The average molecular weight is 306 g/mol. The molecule has 0 aliphatic carbocycles. The lowest BCUT2D eigenvalue weighted by Crippen LogP contribution is -2.07. The molecule has 0 amide bonds. The molecule has 2 aromatic carbocycles. The van der Waals surface area contributed by atoms with E-state index < -0.39 is 4.92 Å². The van der Waals surface area contributed by atoms with Gasteiger partial charge in [0.1, 0.15) is 0 Å². The number of nitro groups is 1. The van der Waals surface area contributed by atoms with Gasteiger partial charge in [-0.2, -0.15) is 0 Å². The number of rotatable bonds is 5. The van der Waals surface area contributed by atoms with Crippen molar-refractivity contribution < 1.29 is 14.5 Å². The number of ether oxygens (including phenoxy) is 1. The third-order valence-electron chi connectivity index (χ3n) is 3.00. The number of carbonyl (C=O) groups excluding carboxylic acids is 1. The molecule has 0 bridgehead atoms. The molecule has 108 valence electrons. The van der Waals surface area contributed by atoms with Crippen LogP contribution in [0.25, 0.3) is 0 Å². The second-order valence-corrected chi connectivity index (χ2v) is 4.71. The predicted octanol–water partition coefficient (Wildman–Crippen LogP) is 3.68. The minimum Gasteiger partial charge on any atom is -0.490 e. The molecular weight excluding hydrogens is 294 g/mol. The van der Waals surface area contributed by atoms with Gasteiger partial charge in [0.15, 0.2) is 5.78 Å². The second-order valence-electron chi connectivity index (χ2n) is 4.31. The van der Waals surface area contributed by atoms with E-state index >= 15 is 0 Å². The molecule has 0 aliphatic rings. The molecule has 6 heteroatoms. The van der Waals surface area contributed by atoms with Gasteiger partial charge in [0.25, 0.3) is 0 Å². The molecule has 0 fully saturated rings. The first-order chi connectivity index (χ1) is 10.0. The molecule has 0 saturated heterocycles. The second kappa shape index (κ2) is 6.37. The summed E-state index contributed by atoms with van der Waals surface area (Å²) in [4.78, 5) is 22.7. The summed E-state index contributed by atoms with van der Waals surface area (Å²) >= 11 is 6.02. The van der Waals surface area contributed by atoms with Crippen LogP contribution in [0.15, 0.2) is 42.5 Å². The van der Waals surface area contributed by atoms with E-state index in [0.717, 1.165) is 0 Å². The molecule has 0 saturated carbocycles. The van der Waals surface area contributed by atoms with Crippen LogP contribution in [0, 0.1) is 10.1 Å². The molecule has 0 spiro atoms. The van der Waals surface area contributed by atoms with Crippen molar-refractivity contribution in [2.24, 2.45) is 0 Å². The van der Waals surface area contributed by atoms with Crippen molar-refractivity contribution >= 4 is 23.1 Å². The van der Waals surface area contributed by atoms with Crippen molar-refractivity contribution in [1.82, 2.24) is 0 Å². The van der Waals surface area contributed by atoms with Gasteiger partial charge in [-0.1, -0.05) is 35.9 Å². The largest absolute Gasteiger partial charge is 0.490 e. The average Bonchev–Trinajstić information content (AvgIpc) is 2.48. The van der Waals surface area contributed by atoms with E-state index in [4.69, 9.17) is 16.3 Å². The first-order valence-electron chi connectivity index (χ1n) is 6.12. The third-order valence-corrected chi connectivity index (χ3v) is 3.37. The first-order valence-corrected chi connectivity index (χ1v) is 6.50. The highest BCUT2D eigenvalue weighted by atomic mass is 35.5. The van der Waals surface area contributed by atoms with Gasteiger partial charge < -0.3 is 4.74 Å². The molecule has 2 rings (SSSR count). The number of carbonyl (C=O) groups is 1. The van der Waals surface area contributed by atoms with Gasteiger partial charge in [0.2, 0.25) is 5.75 Å². The number of nitrogens with zero attached hydrogens (tertiary/aromatic N) is 1. The van der Waals surface area contributed by atoms with Crippen LogP contribution in [0.1, 0.15) is 15.9 Å². The summed E-state index contributed by atoms with van der Waals surface area (Å²) in [5.74, 6) is -0.316. The highest BCUT2D eigenvalue weighted by Gasteiger charge is 2.22. The Morgan fingerprint density at radius 3 is 2.57 bits per heavy atom. The van der Waals surface area contributed by atoms with Crippen molar-refractivity contribution in [3.05, 3.63) is 68.7 Å². The summed E-state index contributed by atoms with van der Waals surface area (Å²) in [7, 11) is 1.30. The minimum atomic E-state index is -0.578. The van der Waals surface area contributed by atoms with E-state index in [0.29, 0.717) is 10.6 Å². The number of ketones is 1. The normalized spacial score (nSPS) is 10.2. The Bertz CT molecular complexity index is 700. The maximum Gasteiger partial charge on any atom is 0.311 e. The van der Waals surface area contributed by atoms with E-state index in [1.807, 2.05) is 0 Å². The molecule has 0 heterocycles. The van der Waals surface area contributed by atoms with Crippen molar-refractivity contribution in [2.75, 3.05) is 7.11 Å². The van der Waals surface area contributed by atoms with Crippen LogP contribution in [-0.4, -0.2) is 17.8 Å². The number of hydrogen-bond donors (Lipinski definition) is 0. The van der Waals surface area contributed by atoms with Crippen LogP contribution >= 0.6 is 11.6 Å². The molecule has 0 aliphatic heterocycles. The molecule has 0 unspecified atom stereocenters. The van der Waals surface area contributed by atoms with Crippen LogP contribution in [0.5, 0.6) is 5.75 Å². The van der Waals surface area contributed by atoms with Crippen molar-refractivity contribution in [3.8, 4) is 5.75 Å². The zero-order chi connectivity index (χ0) is 15.4. The highest BCUT2D eigenvalue weighted by Crippen LogP contribution is 2.31. The fraction of sp³-hybridized carbons (Fsp3) is 0.133. The molecule has 0 atom stereocenters. The van der Waals surface area contributed by atoms with Gasteiger partial charge >= 0.3 is 5.69 Å². The fourth-order valence-electron chi connectivity index (χ4n) is 2.01. The fourth-order valence-corrected chi connectivity index (χ4v) is 2.22. The molecule has 0 N–H and O–H groups in total. The van der Waals surface area contributed by atoms with E-state index in [1.165, 1.54) is 25.3 Å². The van der Waals surface area contributed by atoms with Crippen LogP contribution in [-0.2, 0) is 6.42 Å². The van der Waals surface area contributed by atoms with Crippen LogP contribution < -0.4 is 4.74 Å². The van der Waals surface area contributed by atoms with Crippen LogP contribution in [0.2, 0.25) is 5.02 Å². The number of nitro benzene ring substituents is 1. The number of methoxy groups -OCH3 is 1. The van der Waals surface area contributed by atoms with Crippen molar-refractivity contribution in [2.45, 2.75) is 6.42 Å². The monoisotopic (exact) mass is 305 g/mol. The lowest BCUT2D eigenvalue weighted by atomic mass is 10.0. The highest BCUT2D eigenvalue weighted by molar-refractivity contribution is 6.31. The maximum absolute atomic E-state index is 12.4. The summed E-state index contributed by atoms with van der Waals surface area (Å²) in [6, 6.07) is 11.2. The standard InChI is InChI=1S/C15H12ClNO4/c1-21-15-11(6-4-8-13(15)17(19)20)14(18)9-10-5-2-3-7-12(10)16/h2-8H,9H2,1H3. The Labute approximate surface area is 126 Å².